The summed E-state index contributed by atoms with van der Waals surface area (Å²) in [6, 6.07) is 13.3. The molecule has 6 rings (SSSR count). The summed E-state index contributed by atoms with van der Waals surface area (Å²) in [6.45, 7) is 9.61. The average Bonchev–Trinajstić information content (AvgIpc) is 3.88. The summed E-state index contributed by atoms with van der Waals surface area (Å²) >= 11 is 0. The lowest BCUT2D eigenvalue weighted by molar-refractivity contribution is -0.138. The lowest BCUT2D eigenvalue weighted by Crippen LogP contribution is -2.48. The van der Waals surface area contributed by atoms with Crippen molar-refractivity contribution in [1.29, 1.82) is 0 Å². The maximum Gasteiger partial charge on any atom is 0.240 e. The minimum absolute atomic E-state index is 0.00662. The maximum atomic E-state index is 13.5. The predicted molar refractivity (Wildman–Crippen MR) is 189 cm³/mol. The summed E-state index contributed by atoms with van der Waals surface area (Å²) in [6.07, 6.45) is 5.51. The molecule has 2 aromatic heterocycles. The van der Waals surface area contributed by atoms with Crippen molar-refractivity contribution in [3.63, 3.8) is 0 Å². The molecule has 10 heteroatoms. The number of nitrogens with one attached hydrogen (secondary N) is 2. The second-order valence-corrected chi connectivity index (χ2v) is 14.2. The maximum absolute atomic E-state index is 13.5. The topological polar surface area (TPSA) is 127 Å². The number of hydrogen-bond donors (Lipinski definition) is 3. The number of amides is 2. The normalized spacial score (nSPS) is 19.4. The number of fused-ring (bicyclic) bond motifs is 1. The van der Waals surface area contributed by atoms with Gasteiger partial charge in [-0.3, -0.25) is 14.5 Å². The van der Waals surface area contributed by atoms with E-state index in [0.717, 1.165) is 77.3 Å². The Morgan fingerprint density at radius 1 is 0.854 bits per heavy atom. The Morgan fingerprint density at radius 2 is 1.48 bits per heavy atom. The fourth-order valence-electron chi connectivity index (χ4n) is 7.17. The SMILES string of the molecule is CC(C)[C@H](N)C(=O)N1CCC[C@H]1c1ncc(-c2ccc(C#Cc3ccc4nc([C@@H]5CCCN5C(=O)[C@H](C(C)C)N(C)C)[nH]c4c3)cc2)[nH]1. The molecule has 0 saturated carbocycles. The molecule has 4 N–H and O–H groups in total. The minimum Gasteiger partial charge on any atom is -0.340 e. The number of aromatic amines is 2. The van der Waals surface area contributed by atoms with Gasteiger partial charge in [0, 0.05) is 24.2 Å². The van der Waals surface area contributed by atoms with E-state index in [2.05, 4.69) is 40.6 Å². The van der Waals surface area contributed by atoms with Crippen LogP contribution in [0.3, 0.4) is 0 Å². The fraction of sp³-hybridized carbons (Fsp3) is 0.474. The molecule has 0 spiro atoms. The third-order valence-electron chi connectivity index (χ3n) is 9.79. The molecule has 10 nitrogen and oxygen atoms in total. The van der Waals surface area contributed by atoms with Gasteiger partial charge in [-0.25, -0.2) is 9.97 Å². The third-order valence-corrected chi connectivity index (χ3v) is 9.79. The second-order valence-electron chi connectivity index (χ2n) is 14.2. The van der Waals surface area contributed by atoms with E-state index in [1.54, 1.807) is 0 Å². The van der Waals surface area contributed by atoms with E-state index in [1.165, 1.54) is 0 Å². The van der Waals surface area contributed by atoms with E-state index in [4.69, 9.17) is 10.7 Å². The van der Waals surface area contributed by atoms with Crippen molar-refractivity contribution in [3.8, 4) is 23.1 Å². The van der Waals surface area contributed by atoms with Crippen molar-refractivity contribution in [1.82, 2.24) is 34.6 Å². The highest BCUT2D eigenvalue weighted by Gasteiger charge is 2.38. The lowest BCUT2D eigenvalue weighted by atomic mass is 10.0. The lowest BCUT2D eigenvalue weighted by Gasteiger charge is -2.33. The molecule has 2 fully saturated rings. The van der Waals surface area contributed by atoms with Gasteiger partial charge in [0.2, 0.25) is 11.8 Å². The Hall–Kier alpha value is -4.46. The highest BCUT2D eigenvalue weighted by molar-refractivity contribution is 5.83. The van der Waals surface area contributed by atoms with Crippen LogP contribution < -0.4 is 5.73 Å². The number of carbonyl (C=O) groups is 2. The number of rotatable bonds is 8. The summed E-state index contributed by atoms with van der Waals surface area (Å²) in [5, 5.41) is 0. The summed E-state index contributed by atoms with van der Waals surface area (Å²) in [5.41, 5.74) is 11.7. The Labute approximate surface area is 283 Å². The fourth-order valence-corrected chi connectivity index (χ4v) is 7.17. The molecule has 2 aliphatic rings. The number of likely N-dealkylation sites (N-methyl/N-ethyl adjacent to an activating group) is 1. The van der Waals surface area contributed by atoms with E-state index in [9.17, 15) is 9.59 Å². The van der Waals surface area contributed by atoms with Gasteiger partial charge >= 0.3 is 0 Å². The smallest absolute Gasteiger partial charge is 0.240 e. The molecule has 4 aromatic rings. The van der Waals surface area contributed by atoms with Gasteiger partial charge in [-0.1, -0.05) is 51.7 Å². The van der Waals surface area contributed by atoms with Crippen molar-refractivity contribution >= 4 is 22.8 Å². The van der Waals surface area contributed by atoms with Crippen LogP contribution >= 0.6 is 0 Å². The van der Waals surface area contributed by atoms with E-state index >= 15 is 0 Å². The standard InChI is InChI=1S/C38H48N8O2/c1-23(2)33(39)37(47)45-19-7-9-31(45)35-40-22-30(43-35)27-16-13-25(14-17-27)11-12-26-15-18-28-29(21-26)42-36(41-28)32-10-8-20-46(32)38(48)34(24(3)4)44(5)6/h13-18,21-24,31-34H,7-10,19-20,39H2,1-6H3,(H,40,43)(H,41,42)/t31-,32-,33-,34-/m0/s1. The van der Waals surface area contributed by atoms with Gasteiger partial charge in [0.05, 0.1) is 47.1 Å². The summed E-state index contributed by atoms with van der Waals surface area (Å²) in [5.74, 6) is 8.69. The van der Waals surface area contributed by atoms with Gasteiger partial charge in [0.15, 0.2) is 0 Å². The molecule has 2 saturated heterocycles. The minimum atomic E-state index is -0.502. The van der Waals surface area contributed by atoms with Crippen LogP contribution in [0.1, 0.15) is 88.2 Å². The number of likely N-dealkylation sites (tertiary alicyclic amines) is 2. The van der Waals surface area contributed by atoms with Crippen molar-refractivity contribution in [2.24, 2.45) is 17.6 Å². The number of hydrogen-bond acceptors (Lipinski definition) is 6. The molecule has 252 valence electrons. The average molecular weight is 649 g/mol. The largest absolute Gasteiger partial charge is 0.340 e. The van der Waals surface area contributed by atoms with Gasteiger partial charge in [0.1, 0.15) is 11.6 Å². The van der Waals surface area contributed by atoms with Crippen LogP contribution in [-0.4, -0.2) is 85.7 Å². The first-order chi connectivity index (χ1) is 23.0. The van der Waals surface area contributed by atoms with Crippen LogP contribution in [0.5, 0.6) is 0 Å². The molecule has 0 aliphatic carbocycles. The first-order valence-electron chi connectivity index (χ1n) is 17.2. The molecule has 0 unspecified atom stereocenters. The van der Waals surface area contributed by atoms with Crippen LogP contribution in [-0.2, 0) is 9.59 Å². The Balaban J connectivity index is 1.14. The number of carbonyl (C=O) groups excluding carboxylic acids is 2. The first-order valence-corrected chi connectivity index (χ1v) is 17.2. The monoisotopic (exact) mass is 648 g/mol. The van der Waals surface area contributed by atoms with Crippen LogP contribution in [0.15, 0.2) is 48.7 Å². The van der Waals surface area contributed by atoms with E-state index in [0.29, 0.717) is 6.54 Å². The van der Waals surface area contributed by atoms with Gasteiger partial charge < -0.3 is 25.5 Å². The highest BCUT2D eigenvalue weighted by atomic mass is 16.2. The Kier molecular flexibility index (Phi) is 9.72. The predicted octanol–water partition coefficient (Wildman–Crippen LogP) is 5.25. The summed E-state index contributed by atoms with van der Waals surface area (Å²) in [4.78, 5) is 48.9. The molecule has 48 heavy (non-hydrogen) atoms. The van der Waals surface area contributed by atoms with Gasteiger partial charge in [-0.2, -0.15) is 0 Å². The van der Waals surface area contributed by atoms with Gasteiger partial charge in [0.25, 0.3) is 0 Å². The zero-order valence-electron chi connectivity index (χ0n) is 29.0. The quantitative estimate of drug-likeness (QED) is 0.224. The van der Waals surface area contributed by atoms with E-state index in [-0.39, 0.29) is 41.8 Å². The molecule has 2 aliphatic heterocycles. The number of imidazole rings is 2. The third kappa shape index (κ3) is 6.75. The van der Waals surface area contributed by atoms with E-state index < -0.39 is 6.04 Å². The van der Waals surface area contributed by atoms with E-state index in [1.807, 2.05) is 91.3 Å². The zero-order chi connectivity index (χ0) is 34.1. The highest BCUT2D eigenvalue weighted by Crippen LogP contribution is 2.34. The molecule has 2 amide bonds. The molecule has 0 radical (unpaired) electrons. The van der Waals surface area contributed by atoms with Crippen LogP contribution in [0.2, 0.25) is 0 Å². The molecular weight excluding hydrogens is 600 g/mol. The van der Waals surface area contributed by atoms with Crippen molar-refractivity contribution in [3.05, 3.63) is 71.4 Å². The zero-order valence-corrected chi connectivity index (χ0v) is 29.0. The molecular formula is C38H48N8O2. The summed E-state index contributed by atoms with van der Waals surface area (Å²) in [7, 11) is 3.95. The number of nitrogens with zero attached hydrogens (tertiary/aromatic N) is 5. The van der Waals surface area contributed by atoms with Crippen molar-refractivity contribution < 1.29 is 9.59 Å². The molecule has 4 heterocycles. The first kappa shape index (κ1) is 33.4. The Bertz CT molecular complexity index is 1820. The van der Waals surface area contributed by atoms with Crippen LogP contribution in [0.4, 0.5) is 0 Å². The number of nitrogens with two attached hydrogens (primary N) is 1. The molecule has 4 atom stereocenters. The van der Waals surface area contributed by atoms with Gasteiger partial charge in [-0.15, -0.1) is 0 Å². The second kappa shape index (κ2) is 14.0. The van der Waals surface area contributed by atoms with Crippen LogP contribution in [0.25, 0.3) is 22.3 Å². The number of aromatic nitrogens is 4. The molecule has 0 bridgehead atoms. The van der Waals surface area contributed by atoms with Crippen molar-refractivity contribution in [2.45, 2.75) is 77.5 Å². The van der Waals surface area contributed by atoms with Crippen molar-refractivity contribution in [2.75, 3.05) is 27.2 Å². The Morgan fingerprint density at radius 3 is 2.12 bits per heavy atom. The van der Waals surface area contributed by atoms with Gasteiger partial charge in [-0.05, 0) is 87.5 Å². The number of H-pyrrole nitrogens is 2. The van der Waals surface area contributed by atoms with Crippen LogP contribution in [0, 0.1) is 23.7 Å². The summed E-state index contributed by atoms with van der Waals surface area (Å²) < 4.78 is 0. The molecule has 2 aromatic carbocycles. The number of benzene rings is 2.